The minimum absolute atomic E-state index is 0.0805. The van der Waals surface area contributed by atoms with E-state index in [0.717, 1.165) is 34.1 Å². The van der Waals surface area contributed by atoms with Gasteiger partial charge >= 0.3 is 0 Å². The molecular formula is C23H25N5OS. The van der Waals surface area contributed by atoms with E-state index in [2.05, 4.69) is 47.6 Å². The molecule has 2 aromatic rings. The van der Waals surface area contributed by atoms with Gasteiger partial charge in [-0.25, -0.2) is 0 Å². The van der Waals surface area contributed by atoms with E-state index in [1.54, 1.807) is 6.08 Å². The van der Waals surface area contributed by atoms with Crippen molar-refractivity contribution in [2.75, 3.05) is 0 Å². The first-order chi connectivity index (χ1) is 14.3. The molecule has 1 N–H and O–H groups in total. The molecule has 6 nitrogen and oxygen atoms in total. The van der Waals surface area contributed by atoms with Crippen LogP contribution in [-0.2, 0) is 4.79 Å². The SMILES string of the molecule is Cc1ccccc1-n1c(C)cc(/C=C2\C(=N)N3N=C(CC(C)C)SC3=NC2=O)c1C. The van der Waals surface area contributed by atoms with Gasteiger partial charge < -0.3 is 4.57 Å². The number of aliphatic imine (C=N–C) groups is 1. The quantitative estimate of drug-likeness (QED) is 0.703. The first-order valence-electron chi connectivity index (χ1n) is 10.00. The maximum Gasteiger partial charge on any atom is 0.283 e. The molecule has 0 saturated heterocycles. The highest BCUT2D eigenvalue weighted by Crippen LogP contribution is 2.31. The minimum Gasteiger partial charge on any atom is -0.318 e. The van der Waals surface area contributed by atoms with Gasteiger partial charge in [-0.1, -0.05) is 32.0 Å². The van der Waals surface area contributed by atoms with Crippen molar-refractivity contribution in [1.29, 1.82) is 5.41 Å². The lowest BCUT2D eigenvalue weighted by molar-refractivity contribution is -0.114. The highest BCUT2D eigenvalue weighted by atomic mass is 32.2. The van der Waals surface area contributed by atoms with E-state index < -0.39 is 0 Å². The van der Waals surface area contributed by atoms with Gasteiger partial charge in [-0.15, -0.1) is 0 Å². The van der Waals surface area contributed by atoms with Gasteiger partial charge in [0.15, 0.2) is 5.84 Å². The number of rotatable bonds is 4. The molecule has 0 saturated carbocycles. The van der Waals surface area contributed by atoms with Crippen LogP contribution in [0.2, 0.25) is 0 Å². The van der Waals surface area contributed by atoms with Crippen LogP contribution in [0.5, 0.6) is 0 Å². The van der Waals surface area contributed by atoms with Gasteiger partial charge in [-0.2, -0.15) is 15.1 Å². The molecule has 0 fully saturated rings. The van der Waals surface area contributed by atoms with Gasteiger partial charge in [-0.3, -0.25) is 10.2 Å². The van der Waals surface area contributed by atoms with E-state index in [9.17, 15) is 4.79 Å². The summed E-state index contributed by atoms with van der Waals surface area (Å²) in [5.74, 6) is 0.141. The molecule has 2 aliphatic heterocycles. The third-order valence-electron chi connectivity index (χ3n) is 5.21. The van der Waals surface area contributed by atoms with E-state index in [1.165, 1.54) is 22.3 Å². The normalized spacial score (nSPS) is 17.7. The number of para-hydroxylation sites is 1. The number of thioether (sulfide) groups is 1. The van der Waals surface area contributed by atoms with Crippen molar-refractivity contribution in [3.8, 4) is 5.69 Å². The van der Waals surface area contributed by atoms with Gasteiger partial charge in [0.05, 0.1) is 5.57 Å². The first-order valence-corrected chi connectivity index (χ1v) is 10.8. The van der Waals surface area contributed by atoms with Crippen LogP contribution >= 0.6 is 11.8 Å². The summed E-state index contributed by atoms with van der Waals surface area (Å²) in [5, 5.41) is 16.0. The maximum atomic E-state index is 12.7. The number of aryl methyl sites for hydroxylation is 2. The minimum atomic E-state index is -0.388. The number of aromatic nitrogens is 1. The van der Waals surface area contributed by atoms with E-state index in [0.29, 0.717) is 11.1 Å². The number of benzene rings is 1. The second-order valence-corrected chi connectivity index (χ2v) is 9.10. The Labute approximate surface area is 180 Å². The molecular weight excluding hydrogens is 394 g/mol. The van der Waals surface area contributed by atoms with Crippen LogP contribution in [0, 0.1) is 32.1 Å². The van der Waals surface area contributed by atoms with Crippen molar-refractivity contribution in [3.05, 3.63) is 58.4 Å². The highest BCUT2D eigenvalue weighted by Gasteiger charge is 2.35. The predicted molar refractivity (Wildman–Crippen MR) is 124 cm³/mol. The Hall–Kier alpha value is -2.93. The number of amides is 1. The van der Waals surface area contributed by atoms with Crippen molar-refractivity contribution in [1.82, 2.24) is 9.58 Å². The number of hydrazone groups is 1. The van der Waals surface area contributed by atoms with Crippen LogP contribution in [0.25, 0.3) is 11.8 Å². The molecule has 1 aromatic heterocycles. The van der Waals surface area contributed by atoms with Gasteiger partial charge in [0, 0.05) is 23.5 Å². The lowest BCUT2D eigenvalue weighted by atomic mass is 10.1. The second kappa shape index (κ2) is 7.72. The Bertz CT molecular complexity index is 1150. The molecule has 7 heteroatoms. The second-order valence-electron chi connectivity index (χ2n) is 8.06. The molecule has 1 amide bonds. The zero-order valence-electron chi connectivity index (χ0n) is 17.9. The molecule has 3 heterocycles. The fourth-order valence-corrected chi connectivity index (χ4v) is 4.83. The number of fused-ring (bicyclic) bond motifs is 1. The third-order valence-corrected chi connectivity index (χ3v) is 6.14. The fourth-order valence-electron chi connectivity index (χ4n) is 3.74. The standard InChI is InChI=1S/C23H25N5OS/c1-13(2)10-20-26-28-21(24)18(22(29)25-23(28)30-20)12-17-11-15(4)27(16(17)5)19-9-7-6-8-14(19)3/h6-9,11-13,24H,10H2,1-5H3/b18-12+,24-21?. The molecule has 4 rings (SSSR count). The van der Waals surface area contributed by atoms with Crippen molar-refractivity contribution in [2.45, 2.75) is 41.0 Å². The summed E-state index contributed by atoms with van der Waals surface area (Å²) in [6, 6.07) is 10.3. The smallest absolute Gasteiger partial charge is 0.283 e. The van der Waals surface area contributed by atoms with E-state index in [4.69, 9.17) is 5.41 Å². The third kappa shape index (κ3) is 3.54. The molecule has 0 atom stereocenters. The van der Waals surface area contributed by atoms with E-state index in [1.807, 2.05) is 32.0 Å². The number of nitrogens with zero attached hydrogens (tertiary/aromatic N) is 4. The zero-order chi connectivity index (χ0) is 21.6. The summed E-state index contributed by atoms with van der Waals surface area (Å²) >= 11 is 1.38. The van der Waals surface area contributed by atoms with Crippen LogP contribution in [0.3, 0.4) is 0 Å². The lowest BCUT2D eigenvalue weighted by Gasteiger charge is -2.20. The zero-order valence-corrected chi connectivity index (χ0v) is 18.7. The van der Waals surface area contributed by atoms with Gasteiger partial charge in [0.1, 0.15) is 5.04 Å². The summed E-state index contributed by atoms with van der Waals surface area (Å²) < 4.78 is 2.18. The molecule has 0 unspecified atom stereocenters. The average Bonchev–Trinajstić information content (AvgIpc) is 3.19. The molecule has 0 aliphatic carbocycles. The molecule has 1 aromatic carbocycles. The van der Waals surface area contributed by atoms with E-state index >= 15 is 0 Å². The molecule has 154 valence electrons. The van der Waals surface area contributed by atoms with Crippen LogP contribution in [0.4, 0.5) is 0 Å². The fraction of sp³-hybridized carbons (Fsp3) is 0.304. The van der Waals surface area contributed by atoms with Crippen LogP contribution in [-0.4, -0.2) is 31.5 Å². The summed E-state index contributed by atoms with van der Waals surface area (Å²) in [6.07, 6.45) is 2.57. The molecule has 0 bridgehead atoms. The summed E-state index contributed by atoms with van der Waals surface area (Å²) in [7, 11) is 0. The van der Waals surface area contributed by atoms with Crippen LogP contribution < -0.4 is 0 Å². The average molecular weight is 420 g/mol. The summed E-state index contributed by atoms with van der Waals surface area (Å²) in [5.41, 5.74) is 5.54. The summed E-state index contributed by atoms with van der Waals surface area (Å²) in [4.78, 5) is 16.9. The number of hydrogen-bond donors (Lipinski definition) is 1. The summed E-state index contributed by atoms with van der Waals surface area (Å²) in [6.45, 7) is 10.4. The van der Waals surface area contributed by atoms with Gasteiger partial charge in [0.2, 0.25) is 5.17 Å². The van der Waals surface area contributed by atoms with Crippen molar-refractivity contribution in [2.24, 2.45) is 16.0 Å². The Morgan fingerprint density at radius 1 is 1.20 bits per heavy atom. The van der Waals surface area contributed by atoms with Gasteiger partial charge in [0.25, 0.3) is 5.91 Å². The Kier molecular flexibility index (Phi) is 5.24. The topological polar surface area (TPSA) is 73.8 Å². The van der Waals surface area contributed by atoms with Crippen LogP contribution in [0.1, 0.15) is 42.8 Å². The number of amidine groups is 2. The van der Waals surface area contributed by atoms with E-state index in [-0.39, 0.29) is 17.3 Å². The Balaban J connectivity index is 1.72. The Morgan fingerprint density at radius 3 is 2.63 bits per heavy atom. The number of carbonyl (C=O) groups excluding carboxylic acids is 1. The monoisotopic (exact) mass is 419 g/mol. The predicted octanol–water partition coefficient (Wildman–Crippen LogP) is 5.07. The largest absolute Gasteiger partial charge is 0.318 e. The van der Waals surface area contributed by atoms with Crippen molar-refractivity contribution in [3.63, 3.8) is 0 Å². The van der Waals surface area contributed by atoms with Crippen molar-refractivity contribution < 1.29 is 4.79 Å². The first kappa shape index (κ1) is 20.3. The number of nitrogens with one attached hydrogen (secondary N) is 1. The molecule has 0 radical (unpaired) electrons. The maximum absolute atomic E-state index is 12.7. The molecule has 30 heavy (non-hydrogen) atoms. The molecule has 0 spiro atoms. The lowest BCUT2D eigenvalue weighted by Crippen LogP contribution is -2.35. The Morgan fingerprint density at radius 2 is 1.93 bits per heavy atom. The van der Waals surface area contributed by atoms with Crippen LogP contribution in [0.15, 0.2) is 46.0 Å². The number of carbonyl (C=O) groups is 1. The highest BCUT2D eigenvalue weighted by molar-refractivity contribution is 8.26. The van der Waals surface area contributed by atoms with Crippen molar-refractivity contribution >= 4 is 39.8 Å². The number of hydrogen-bond acceptors (Lipinski definition) is 4. The van der Waals surface area contributed by atoms with Gasteiger partial charge in [-0.05, 0) is 67.8 Å². The molecule has 2 aliphatic rings.